The summed E-state index contributed by atoms with van der Waals surface area (Å²) in [5.41, 5.74) is 1.29. The summed E-state index contributed by atoms with van der Waals surface area (Å²) in [6, 6.07) is 19.5. The van der Waals surface area contributed by atoms with Crippen LogP contribution in [0.2, 0.25) is 0 Å². The third-order valence-corrected chi connectivity index (χ3v) is 10.5. The van der Waals surface area contributed by atoms with Crippen molar-refractivity contribution in [3.05, 3.63) is 84.9 Å². The van der Waals surface area contributed by atoms with Crippen molar-refractivity contribution in [3.63, 3.8) is 0 Å². The first-order chi connectivity index (χ1) is 28.4. The highest BCUT2D eigenvalue weighted by molar-refractivity contribution is 7.22. The Bertz CT molecular complexity index is 1940. The summed E-state index contributed by atoms with van der Waals surface area (Å²) in [7, 11) is 0. The fraction of sp³-hybridized carbons (Fsp3) is 0.409. The fourth-order valence-corrected chi connectivity index (χ4v) is 7.14. The molecule has 308 valence electrons. The van der Waals surface area contributed by atoms with Crippen LogP contribution in [0, 0.1) is 11.8 Å². The highest BCUT2D eigenvalue weighted by atomic mass is 32.1. The number of carbonyl (C=O) groups excluding carboxylic acids is 4. The molecule has 0 amide bonds. The zero-order valence-electron chi connectivity index (χ0n) is 32.9. The molecule has 0 saturated heterocycles. The second-order valence-corrected chi connectivity index (χ2v) is 14.7. The number of hydrogen-bond acceptors (Lipinski definition) is 14. The number of carbonyl (C=O) groups is 4. The molecule has 13 nitrogen and oxygen atoms in total. The second-order valence-electron chi connectivity index (χ2n) is 13.7. The Morgan fingerprint density at radius 3 is 2.22 bits per heavy atom. The number of esters is 3. The van der Waals surface area contributed by atoms with Crippen molar-refractivity contribution < 1.29 is 47.6 Å². The molecule has 0 bridgehead atoms. The maximum absolute atomic E-state index is 13.5. The topological polar surface area (TPSA) is 152 Å². The van der Waals surface area contributed by atoms with Crippen LogP contribution in [0.3, 0.4) is 0 Å². The quantitative estimate of drug-likeness (QED) is 0.0127. The molecule has 0 N–H and O–H groups in total. The van der Waals surface area contributed by atoms with Crippen LogP contribution >= 0.6 is 11.3 Å². The fourth-order valence-electron chi connectivity index (χ4n) is 6.19. The van der Waals surface area contributed by atoms with E-state index >= 15 is 0 Å². The van der Waals surface area contributed by atoms with Crippen molar-refractivity contribution in [2.45, 2.75) is 71.1 Å². The van der Waals surface area contributed by atoms with Crippen LogP contribution in [0.1, 0.15) is 76.7 Å². The SMILES string of the molecule is C=CC(=O)OCCCCCCOc1ccc(OC(=O)[C@H]2CC[C@H](C(=O)Oc3ccc(OC=O)cc3/C=N/N(CCOCCCC)c3nc4ccccc4s3)CC2)cc1. The number of ether oxygens (including phenoxy) is 6. The molecule has 58 heavy (non-hydrogen) atoms. The van der Waals surface area contributed by atoms with Gasteiger partial charge in [-0.1, -0.05) is 43.4 Å². The molecule has 1 aromatic heterocycles. The number of benzene rings is 3. The molecule has 1 aliphatic carbocycles. The van der Waals surface area contributed by atoms with E-state index in [1.54, 1.807) is 53.7 Å². The number of para-hydroxylation sites is 1. The molecule has 1 fully saturated rings. The number of unbranched alkanes of at least 4 members (excludes halogenated alkanes) is 4. The molecule has 3 aromatic carbocycles. The largest absolute Gasteiger partial charge is 0.494 e. The molecule has 0 atom stereocenters. The van der Waals surface area contributed by atoms with Gasteiger partial charge in [0.25, 0.3) is 6.47 Å². The number of nitrogens with zero attached hydrogens (tertiary/aromatic N) is 3. The van der Waals surface area contributed by atoms with Crippen LogP contribution in [-0.2, 0) is 28.7 Å². The molecule has 0 radical (unpaired) electrons. The van der Waals surface area contributed by atoms with Crippen LogP contribution in [0.25, 0.3) is 10.2 Å². The summed E-state index contributed by atoms with van der Waals surface area (Å²) in [6.07, 6.45) is 10.1. The average Bonchev–Trinajstić information content (AvgIpc) is 3.68. The Kier molecular flexibility index (Phi) is 17.7. The molecule has 0 unspecified atom stereocenters. The highest BCUT2D eigenvalue weighted by Crippen LogP contribution is 2.33. The second kappa shape index (κ2) is 23.6. The molecule has 4 aromatic rings. The van der Waals surface area contributed by atoms with Crippen molar-refractivity contribution in [3.8, 4) is 23.0 Å². The Labute approximate surface area is 342 Å². The first kappa shape index (κ1) is 43.5. The average molecular weight is 814 g/mol. The van der Waals surface area contributed by atoms with Gasteiger partial charge in [0.05, 0.1) is 54.6 Å². The van der Waals surface area contributed by atoms with Crippen molar-refractivity contribution >= 4 is 57.3 Å². The van der Waals surface area contributed by atoms with Crippen LogP contribution in [-0.4, -0.2) is 68.6 Å². The van der Waals surface area contributed by atoms with Crippen LogP contribution in [0.15, 0.2) is 84.5 Å². The van der Waals surface area contributed by atoms with Gasteiger partial charge in [0, 0.05) is 18.2 Å². The van der Waals surface area contributed by atoms with Gasteiger partial charge in [-0.2, -0.15) is 5.10 Å². The van der Waals surface area contributed by atoms with Gasteiger partial charge >= 0.3 is 17.9 Å². The normalized spacial score (nSPS) is 15.1. The monoisotopic (exact) mass is 813 g/mol. The number of hydrazone groups is 1. The number of aromatic nitrogens is 1. The summed E-state index contributed by atoms with van der Waals surface area (Å²) in [5, 5.41) is 7.16. The zero-order chi connectivity index (χ0) is 41.0. The predicted molar refractivity (Wildman–Crippen MR) is 222 cm³/mol. The first-order valence-electron chi connectivity index (χ1n) is 19.8. The molecule has 0 aliphatic heterocycles. The van der Waals surface area contributed by atoms with Gasteiger partial charge in [0.2, 0.25) is 5.13 Å². The minimum absolute atomic E-state index is 0.258. The Hall–Kier alpha value is -5.60. The van der Waals surface area contributed by atoms with E-state index in [4.69, 9.17) is 38.5 Å². The van der Waals surface area contributed by atoms with Gasteiger partial charge in [-0.3, -0.25) is 14.4 Å². The predicted octanol–water partition coefficient (Wildman–Crippen LogP) is 8.47. The molecule has 1 aliphatic rings. The summed E-state index contributed by atoms with van der Waals surface area (Å²) < 4.78 is 34.3. The standard InChI is InChI=1S/C44H51N3O10S/c1-3-5-25-52-28-24-47(44-46-38-12-8-9-13-40(38)58-44)45-30-34-29-37(55-31-48)22-23-39(34)57-43(51)33-16-14-32(15-17-33)42(50)56-36-20-18-35(19-21-36)53-26-10-6-7-11-27-54-41(49)4-2/h4,8-9,12-13,18-23,29-33H,2-3,5-7,10-11,14-17,24-28H2,1H3/b45-30+/t32-,33-. The van der Waals surface area contributed by atoms with E-state index in [1.807, 2.05) is 24.3 Å². The van der Waals surface area contributed by atoms with Crippen molar-refractivity contribution in [2.75, 3.05) is 38.0 Å². The van der Waals surface area contributed by atoms with Gasteiger partial charge in [-0.05, 0) is 112 Å². The first-order valence-corrected chi connectivity index (χ1v) is 20.6. The van der Waals surface area contributed by atoms with Gasteiger partial charge in [0.15, 0.2) is 0 Å². The third kappa shape index (κ3) is 13.8. The summed E-state index contributed by atoms with van der Waals surface area (Å²) in [6.45, 7) is 8.27. The van der Waals surface area contributed by atoms with Gasteiger partial charge < -0.3 is 28.4 Å². The number of fused-ring (bicyclic) bond motifs is 1. The summed E-state index contributed by atoms with van der Waals surface area (Å²) in [5.74, 6) is -0.286. The lowest BCUT2D eigenvalue weighted by Crippen LogP contribution is -2.30. The minimum Gasteiger partial charge on any atom is -0.494 e. The van der Waals surface area contributed by atoms with E-state index in [9.17, 15) is 19.2 Å². The molecule has 1 saturated carbocycles. The zero-order valence-corrected chi connectivity index (χ0v) is 33.7. The maximum atomic E-state index is 13.5. The van der Waals surface area contributed by atoms with Crippen molar-refractivity contribution in [1.29, 1.82) is 0 Å². The number of hydrogen-bond donors (Lipinski definition) is 0. The van der Waals surface area contributed by atoms with E-state index in [1.165, 1.54) is 11.3 Å². The van der Waals surface area contributed by atoms with Crippen LogP contribution < -0.4 is 24.0 Å². The molecular formula is C44H51N3O10S. The molecule has 14 heteroatoms. The molecule has 5 rings (SSSR count). The molecule has 0 spiro atoms. The van der Waals surface area contributed by atoms with E-state index in [2.05, 4.69) is 13.5 Å². The summed E-state index contributed by atoms with van der Waals surface area (Å²) in [4.78, 5) is 53.5. The van der Waals surface area contributed by atoms with Gasteiger partial charge in [-0.15, -0.1) is 0 Å². The smallest absolute Gasteiger partial charge is 0.330 e. The number of anilines is 1. The van der Waals surface area contributed by atoms with Crippen molar-refractivity contribution in [2.24, 2.45) is 16.9 Å². The van der Waals surface area contributed by atoms with Crippen LogP contribution in [0.4, 0.5) is 5.13 Å². The minimum atomic E-state index is -0.414. The van der Waals surface area contributed by atoms with Crippen LogP contribution in [0.5, 0.6) is 23.0 Å². The Morgan fingerprint density at radius 1 is 0.828 bits per heavy atom. The lowest BCUT2D eigenvalue weighted by Gasteiger charge is -2.26. The molecule has 1 heterocycles. The highest BCUT2D eigenvalue weighted by Gasteiger charge is 2.32. The number of rotatable bonds is 24. The van der Waals surface area contributed by atoms with E-state index in [0.717, 1.165) is 54.8 Å². The van der Waals surface area contributed by atoms with E-state index < -0.39 is 17.9 Å². The Balaban J connectivity index is 1.12. The van der Waals surface area contributed by atoms with E-state index in [-0.39, 0.29) is 23.4 Å². The molecular weight excluding hydrogens is 763 g/mol. The van der Waals surface area contributed by atoms with E-state index in [0.29, 0.717) is 87.3 Å². The maximum Gasteiger partial charge on any atom is 0.330 e. The lowest BCUT2D eigenvalue weighted by molar-refractivity contribution is -0.145. The Morgan fingerprint density at radius 2 is 1.52 bits per heavy atom. The van der Waals surface area contributed by atoms with Gasteiger partial charge in [-0.25, -0.2) is 14.8 Å². The third-order valence-electron chi connectivity index (χ3n) is 9.46. The number of thiazole rings is 1. The van der Waals surface area contributed by atoms with Crippen molar-refractivity contribution in [1.82, 2.24) is 4.98 Å². The lowest BCUT2D eigenvalue weighted by atomic mass is 9.82. The van der Waals surface area contributed by atoms with Gasteiger partial charge in [0.1, 0.15) is 23.0 Å². The summed E-state index contributed by atoms with van der Waals surface area (Å²) >= 11 is 1.50.